The van der Waals surface area contributed by atoms with Crippen LogP contribution in [-0.2, 0) is 9.68 Å². The van der Waals surface area contributed by atoms with Gasteiger partial charge in [0.25, 0.3) is 0 Å². The van der Waals surface area contributed by atoms with Gasteiger partial charge >= 0.3 is 29.0 Å². The molecule has 0 radical (unpaired) electrons. The third-order valence-corrected chi connectivity index (χ3v) is 5.16. The van der Waals surface area contributed by atoms with E-state index in [1.165, 1.54) is 0 Å². The van der Waals surface area contributed by atoms with E-state index >= 15 is 0 Å². The summed E-state index contributed by atoms with van der Waals surface area (Å²) in [7, 11) is 0. The van der Waals surface area contributed by atoms with Gasteiger partial charge in [0, 0.05) is 6.61 Å². The summed E-state index contributed by atoms with van der Waals surface area (Å²) in [6.07, 6.45) is -19.5. The number of hydrogen-bond acceptors (Lipinski definition) is 14. The zero-order valence-corrected chi connectivity index (χ0v) is 19.5. The van der Waals surface area contributed by atoms with Crippen molar-refractivity contribution in [3.05, 3.63) is 0 Å². The zero-order chi connectivity index (χ0) is 25.0. The van der Waals surface area contributed by atoms with E-state index in [9.17, 15) is 55.9 Å². The molecule has 0 saturated heterocycles. The Labute approximate surface area is 209 Å². The van der Waals surface area contributed by atoms with Crippen LogP contribution in [0, 0.1) is 0 Å². The van der Waals surface area contributed by atoms with Gasteiger partial charge < -0.3 is 59.0 Å². The quantitative estimate of drug-likeness (QED) is 0.0383. The van der Waals surface area contributed by atoms with E-state index in [-0.39, 0.29) is 38.9 Å². The minimum atomic E-state index is -2.54. The van der Waals surface area contributed by atoms with Crippen LogP contribution in [0.1, 0.15) is 41.4 Å². The Kier molecular flexibility index (Phi) is 19.1. The first-order valence-electron chi connectivity index (χ1n) is 10.2. The molecule has 0 bridgehead atoms. The summed E-state index contributed by atoms with van der Waals surface area (Å²) in [5.74, 6) is -1.79. The largest absolute Gasteiger partial charge is 2.00 e. The Balaban J connectivity index is -0.00000160. The van der Waals surface area contributed by atoms with Gasteiger partial charge in [0.05, 0.1) is 6.10 Å². The van der Waals surface area contributed by atoms with Crippen molar-refractivity contribution in [2.75, 3.05) is 6.61 Å². The number of carbonyl (C=O) groups is 1. The average molecular weight is 503 g/mol. The van der Waals surface area contributed by atoms with Crippen LogP contribution < -0.4 is 0 Å². The molecule has 0 aliphatic rings. The summed E-state index contributed by atoms with van der Waals surface area (Å²) in [4.78, 5) is 14.1. The van der Waals surface area contributed by atoms with Crippen molar-refractivity contribution in [1.82, 2.24) is 0 Å². The minimum Gasteiger partial charge on any atom is -1.00 e. The van der Waals surface area contributed by atoms with Gasteiger partial charge in [-0.15, -0.1) is 0 Å². The number of hydrogen-bond donors (Lipinski definition) is 12. The summed E-state index contributed by atoms with van der Waals surface area (Å²) < 4.78 is 0. The zero-order valence-electron chi connectivity index (χ0n) is 20.1. The molecular weight excluding hydrogens is 464 g/mol. The van der Waals surface area contributed by atoms with Gasteiger partial charge in [-0.25, -0.2) is 4.79 Å². The van der Waals surface area contributed by atoms with Crippen LogP contribution in [0.25, 0.3) is 0 Å². The minimum absolute atomic E-state index is 0. The van der Waals surface area contributed by atoms with Crippen molar-refractivity contribution in [1.29, 1.82) is 0 Å². The maximum Gasteiger partial charge on any atom is 2.00 e. The first kappa shape index (κ1) is 34.9. The molecular formula is C18H38MgO14. The number of carbonyl (C=O) groups excluding carboxylic acids is 1. The first-order chi connectivity index (χ1) is 14.9. The van der Waals surface area contributed by atoms with Gasteiger partial charge in [0.1, 0.15) is 48.8 Å². The molecule has 0 saturated carbocycles. The maximum absolute atomic E-state index is 10.9. The van der Waals surface area contributed by atoms with Crippen molar-refractivity contribution in [2.24, 2.45) is 0 Å². The Hall–Kier alpha value is -0.244. The summed E-state index contributed by atoms with van der Waals surface area (Å²) in [5, 5.41) is 115. The van der Waals surface area contributed by atoms with Crippen LogP contribution in [-0.4, -0.2) is 158 Å². The average Bonchev–Trinajstić information content (AvgIpc) is 2.80. The molecule has 0 rings (SSSR count). The Morgan fingerprint density at radius 3 is 1.39 bits per heavy atom. The molecule has 0 aromatic rings. The van der Waals surface area contributed by atoms with E-state index in [0.717, 1.165) is 12.8 Å². The predicted octanol–water partition coefficient (Wildman–Crippen LogP) is -5.21. The molecule has 15 heteroatoms. The van der Waals surface area contributed by atoms with Gasteiger partial charge in [-0.3, -0.25) is 4.89 Å². The fraction of sp³-hybridized carbons (Fsp3) is 0.944. The fourth-order valence-corrected chi connectivity index (χ4v) is 2.99. The second-order valence-electron chi connectivity index (χ2n) is 7.63. The van der Waals surface area contributed by atoms with Gasteiger partial charge in [-0.2, -0.15) is 5.26 Å². The van der Waals surface area contributed by atoms with Gasteiger partial charge in [-0.05, 0) is 12.8 Å². The standard InChI is InChI=1S/C18H36O14.Mg.2H/c19-7-5-3-1-2-4-6-8(20)9(21)10(22)11(23)12(24)13(25)14(26)15(27)16(28)17(29)18(30)32-31;;;/h8-17,19-29,31H,1-7H2;;;/q;+2;2*-1. The third-order valence-electron chi connectivity index (χ3n) is 5.16. The van der Waals surface area contributed by atoms with Crippen molar-refractivity contribution in [2.45, 2.75) is 99.6 Å². The van der Waals surface area contributed by atoms with Crippen molar-refractivity contribution in [3.8, 4) is 0 Å². The molecule has 196 valence electrons. The summed E-state index contributed by atoms with van der Waals surface area (Å²) >= 11 is 0. The van der Waals surface area contributed by atoms with E-state index in [1.54, 1.807) is 0 Å². The topological polar surface area (TPSA) is 269 Å². The molecule has 0 aliphatic carbocycles. The molecule has 0 fully saturated rings. The van der Waals surface area contributed by atoms with Crippen LogP contribution in [0.3, 0.4) is 0 Å². The van der Waals surface area contributed by atoms with Gasteiger partial charge in [0.15, 0.2) is 6.10 Å². The molecule has 0 aliphatic heterocycles. The van der Waals surface area contributed by atoms with E-state index < -0.39 is 67.0 Å². The van der Waals surface area contributed by atoms with Gasteiger partial charge in [0.2, 0.25) is 0 Å². The summed E-state index contributed by atoms with van der Waals surface area (Å²) in [5.41, 5.74) is 0. The molecule has 0 aromatic heterocycles. The van der Waals surface area contributed by atoms with E-state index in [0.29, 0.717) is 19.3 Å². The molecule has 10 atom stereocenters. The first-order valence-corrected chi connectivity index (χ1v) is 10.2. The normalized spacial score (nSPS) is 20.8. The fourth-order valence-electron chi connectivity index (χ4n) is 2.99. The molecule has 14 nitrogen and oxygen atoms in total. The van der Waals surface area contributed by atoms with Crippen molar-refractivity contribution >= 4 is 29.0 Å². The second kappa shape index (κ2) is 18.1. The Bertz CT molecular complexity index is 526. The van der Waals surface area contributed by atoms with Crippen molar-refractivity contribution in [3.63, 3.8) is 0 Å². The Morgan fingerprint density at radius 2 is 0.970 bits per heavy atom. The van der Waals surface area contributed by atoms with Crippen LogP contribution >= 0.6 is 0 Å². The van der Waals surface area contributed by atoms with Crippen LogP contribution in [0.15, 0.2) is 0 Å². The molecule has 33 heavy (non-hydrogen) atoms. The van der Waals surface area contributed by atoms with Crippen LogP contribution in [0.4, 0.5) is 0 Å². The molecule has 0 aromatic carbocycles. The third kappa shape index (κ3) is 11.4. The number of rotatable bonds is 17. The SMILES string of the molecule is O=C(OO)C(O)C(O)C(O)C(O)C(O)C(O)C(O)C(O)C(O)C(O)CCCCCCCO.[H-].[H-].[Mg+2]. The molecule has 12 N–H and O–H groups in total. The molecule has 0 amide bonds. The maximum atomic E-state index is 10.9. The number of aliphatic hydroxyl groups excluding tert-OH is 11. The van der Waals surface area contributed by atoms with Crippen LogP contribution in [0.5, 0.6) is 0 Å². The van der Waals surface area contributed by atoms with E-state index in [4.69, 9.17) is 10.4 Å². The second-order valence-corrected chi connectivity index (χ2v) is 7.63. The molecule has 0 heterocycles. The summed E-state index contributed by atoms with van der Waals surface area (Å²) in [6, 6.07) is 0. The van der Waals surface area contributed by atoms with Crippen molar-refractivity contribution < 1.29 is 74.0 Å². The Morgan fingerprint density at radius 1 is 0.606 bits per heavy atom. The van der Waals surface area contributed by atoms with E-state index in [2.05, 4.69) is 4.89 Å². The molecule has 10 unspecified atom stereocenters. The summed E-state index contributed by atoms with van der Waals surface area (Å²) in [6.45, 7) is 0.0695. The smallest absolute Gasteiger partial charge is 1.00 e. The van der Waals surface area contributed by atoms with E-state index in [1.807, 2.05) is 0 Å². The number of unbranched alkanes of at least 4 members (excludes halogenated alkanes) is 4. The monoisotopic (exact) mass is 502 g/mol. The predicted molar refractivity (Wildman–Crippen MR) is 112 cm³/mol. The van der Waals surface area contributed by atoms with Gasteiger partial charge in [-0.1, -0.05) is 25.7 Å². The van der Waals surface area contributed by atoms with Crippen LogP contribution in [0.2, 0.25) is 0 Å². The molecule has 0 spiro atoms. The number of aliphatic hydroxyl groups is 11.